The molecule has 0 spiro atoms. The first-order chi connectivity index (χ1) is 17.9. The molecule has 0 bridgehead atoms. The molecule has 1 unspecified atom stereocenters. The van der Waals surface area contributed by atoms with Gasteiger partial charge in [0, 0.05) is 42.9 Å². The number of ether oxygens (including phenoxy) is 2. The van der Waals surface area contributed by atoms with Gasteiger partial charge >= 0.3 is 5.97 Å². The Morgan fingerprint density at radius 1 is 1.35 bits per heavy atom. The van der Waals surface area contributed by atoms with Crippen molar-refractivity contribution >= 4 is 23.3 Å². The topological polar surface area (TPSA) is 104 Å². The van der Waals surface area contributed by atoms with Crippen molar-refractivity contribution in [3.05, 3.63) is 73.9 Å². The first-order valence-corrected chi connectivity index (χ1v) is 12.3. The van der Waals surface area contributed by atoms with Crippen molar-refractivity contribution in [2.24, 2.45) is 0 Å². The quantitative estimate of drug-likeness (QED) is 0.462. The van der Waals surface area contributed by atoms with E-state index in [2.05, 4.69) is 15.5 Å². The second kappa shape index (κ2) is 10.6. The number of alkyl halides is 2. The smallest absolute Gasteiger partial charge is 0.359 e. The van der Waals surface area contributed by atoms with E-state index in [1.807, 2.05) is 4.90 Å². The Labute approximate surface area is 215 Å². The van der Waals surface area contributed by atoms with E-state index in [-0.39, 0.29) is 36.0 Å². The predicted octanol–water partition coefficient (Wildman–Crippen LogP) is 2.89. The van der Waals surface area contributed by atoms with E-state index in [1.165, 1.54) is 12.3 Å². The Morgan fingerprint density at radius 3 is 2.89 bits per heavy atom. The van der Waals surface area contributed by atoms with Crippen LogP contribution in [0.3, 0.4) is 0 Å². The molecule has 4 heterocycles. The van der Waals surface area contributed by atoms with Crippen molar-refractivity contribution in [2.75, 3.05) is 31.2 Å². The minimum absolute atomic E-state index is 0.0216. The number of rotatable bonds is 7. The lowest BCUT2D eigenvalue weighted by Crippen LogP contribution is -2.37. The second-order valence-corrected chi connectivity index (χ2v) is 8.97. The van der Waals surface area contributed by atoms with Gasteiger partial charge in [-0.25, -0.2) is 13.6 Å². The number of nitrogens with zero attached hydrogens (tertiary/aromatic N) is 5. The van der Waals surface area contributed by atoms with E-state index in [0.29, 0.717) is 42.9 Å². The molecule has 1 saturated heterocycles. The first kappa shape index (κ1) is 25.3. The van der Waals surface area contributed by atoms with E-state index >= 15 is 0 Å². The number of aromatic nitrogens is 4. The standard InChI is InChI=1S/C24H25ClF2N6O4/c1-2-36-23(35)20-16-13-31(18-11-29-33(22(34)19(18)25)24-28-8-10-37-24)9-7-17(16)32(30-20)12-14-5-3-4-6-15(14)21(26)27/h3-6,11,21,24,28H,2,7-10,12-13H2,1H3. The average molecular weight is 535 g/mol. The molecular formula is C24H25ClF2N6O4. The van der Waals surface area contributed by atoms with Crippen LogP contribution in [0.4, 0.5) is 14.5 Å². The van der Waals surface area contributed by atoms with Crippen molar-refractivity contribution in [2.45, 2.75) is 39.2 Å². The van der Waals surface area contributed by atoms with Gasteiger partial charge in [0.2, 0.25) is 6.35 Å². The largest absolute Gasteiger partial charge is 0.461 e. The molecule has 0 amide bonds. The molecule has 0 radical (unpaired) electrons. The van der Waals surface area contributed by atoms with Crippen LogP contribution in [0.25, 0.3) is 0 Å². The summed E-state index contributed by atoms with van der Waals surface area (Å²) in [5.74, 6) is -0.606. The van der Waals surface area contributed by atoms with E-state index in [9.17, 15) is 18.4 Å². The maximum Gasteiger partial charge on any atom is 0.359 e. The molecule has 2 aliphatic rings. The number of carbonyl (C=O) groups is 1. The third-order valence-corrected chi connectivity index (χ3v) is 6.75. The fourth-order valence-corrected chi connectivity index (χ4v) is 4.89. The summed E-state index contributed by atoms with van der Waals surface area (Å²) in [6.07, 6.45) is -1.39. The number of hydrogen-bond acceptors (Lipinski definition) is 8. The molecule has 2 aliphatic heterocycles. The maximum atomic E-state index is 13.6. The summed E-state index contributed by atoms with van der Waals surface area (Å²) in [5.41, 5.74) is 1.69. The highest BCUT2D eigenvalue weighted by Gasteiger charge is 2.31. The molecule has 196 valence electrons. The van der Waals surface area contributed by atoms with Crippen LogP contribution in [0.5, 0.6) is 0 Å². The summed E-state index contributed by atoms with van der Waals surface area (Å²) in [6.45, 7) is 3.63. The van der Waals surface area contributed by atoms with Gasteiger partial charge in [0.05, 0.1) is 31.6 Å². The van der Waals surface area contributed by atoms with Crippen molar-refractivity contribution in [1.82, 2.24) is 24.9 Å². The molecule has 5 rings (SSSR count). The normalized spacial score (nSPS) is 17.3. The lowest BCUT2D eigenvalue weighted by atomic mass is 10.0. The zero-order valence-corrected chi connectivity index (χ0v) is 20.8. The van der Waals surface area contributed by atoms with Gasteiger partial charge in [0.1, 0.15) is 5.02 Å². The highest BCUT2D eigenvalue weighted by atomic mass is 35.5. The predicted molar refractivity (Wildman–Crippen MR) is 130 cm³/mol. The van der Waals surface area contributed by atoms with Gasteiger partial charge in [0.25, 0.3) is 12.0 Å². The van der Waals surface area contributed by atoms with E-state index < -0.39 is 24.3 Å². The number of benzene rings is 1. The number of hydrogen-bond donors (Lipinski definition) is 1. The highest BCUT2D eigenvalue weighted by Crippen LogP contribution is 2.31. The minimum atomic E-state index is -2.63. The number of halogens is 3. The molecule has 0 saturated carbocycles. The molecule has 13 heteroatoms. The minimum Gasteiger partial charge on any atom is -0.461 e. The van der Waals surface area contributed by atoms with Crippen molar-refractivity contribution in [3.63, 3.8) is 0 Å². The monoisotopic (exact) mass is 534 g/mol. The van der Waals surface area contributed by atoms with Gasteiger partial charge < -0.3 is 14.4 Å². The van der Waals surface area contributed by atoms with E-state index in [0.717, 1.165) is 10.4 Å². The summed E-state index contributed by atoms with van der Waals surface area (Å²) in [4.78, 5) is 27.5. The van der Waals surface area contributed by atoms with Crippen LogP contribution < -0.4 is 15.8 Å². The van der Waals surface area contributed by atoms with Gasteiger partial charge in [-0.15, -0.1) is 0 Å². The molecule has 10 nitrogen and oxygen atoms in total. The van der Waals surface area contributed by atoms with Crippen LogP contribution in [0.2, 0.25) is 5.02 Å². The van der Waals surface area contributed by atoms with Crippen molar-refractivity contribution < 1.29 is 23.0 Å². The fourth-order valence-electron chi connectivity index (χ4n) is 4.64. The number of fused-ring (bicyclic) bond motifs is 1. The molecule has 3 aromatic rings. The van der Waals surface area contributed by atoms with Crippen molar-refractivity contribution in [1.29, 1.82) is 0 Å². The van der Waals surface area contributed by atoms with Gasteiger partial charge in [-0.3, -0.25) is 14.8 Å². The Hall–Kier alpha value is -3.35. The average Bonchev–Trinajstić information content (AvgIpc) is 3.54. The lowest BCUT2D eigenvalue weighted by molar-refractivity contribution is 0.0303. The molecule has 37 heavy (non-hydrogen) atoms. The van der Waals surface area contributed by atoms with Crippen molar-refractivity contribution in [3.8, 4) is 0 Å². The summed E-state index contributed by atoms with van der Waals surface area (Å²) in [6, 6.07) is 6.26. The number of anilines is 1. The van der Waals surface area contributed by atoms with Crippen LogP contribution >= 0.6 is 11.6 Å². The Morgan fingerprint density at radius 2 is 2.16 bits per heavy atom. The molecular weight excluding hydrogens is 510 g/mol. The number of carbonyl (C=O) groups excluding carboxylic acids is 1. The zero-order valence-electron chi connectivity index (χ0n) is 20.0. The lowest BCUT2D eigenvalue weighted by Gasteiger charge is -2.30. The zero-order chi connectivity index (χ0) is 26.1. The summed E-state index contributed by atoms with van der Waals surface area (Å²) in [7, 11) is 0. The Bertz CT molecular complexity index is 1370. The van der Waals surface area contributed by atoms with Crippen LogP contribution in [-0.2, 0) is 29.0 Å². The summed E-state index contributed by atoms with van der Waals surface area (Å²) >= 11 is 6.47. The Kier molecular flexibility index (Phi) is 7.22. The Balaban J connectivity index is 1.49. The SMILES string of the molecule is CCOC(=O)c1nn(Cc2ccccc2C(F)F)c2c1CN(c1cnn(C3NCCO3)c(=O)c1Cl)CC2. The molecule has 1 N–H and O–H groups in total. The van der Waals surface area contributed by atoms with Crippen LogP contribution in [-0.4, -0.2) is 51.8 Å². The molecule has 2 aromatic heterocycles. The third kappa shape index (κ3) is 4.83. The summed E-state index contributed by atoms with van der Waals surface area (Å²) in [5, 5.41) is 11.7. The van der Waals surface area contributed by atoms with Gasteiger partial charge in [-0.2, -0.15) is 14.9 Å². The van der Waals surface area contributed by atoms with Crippen LogP contribution in [0.1, 0.15) is 52.6 Å². The highest BCUT2D eigenvalue weighted by molar-refractivity contribution is 6.33. The van der Waals surface area contributed by atoms with Gasteiger partial charge in [0.15, 0.2) is 5.69 Å². The van der Waals surface area contributed by atoms with Crippen LogP contribution in [0.15, 0.2) is 35.3 Å². The molecule has 1 fully saturated rings. The fraction of sp³-hybridized carbons (Fsp3) is 0.417. The third-order valence-electron chi connectivity index (χ3n) is 6.40. The first-order valence-electron chi connectivity index (χ1n) is 11.9. The number of esters is 1. The summed E-state index contributed by atoms with van der Waals surface area (Å²) < 4.78 is 40.5. The molecule has 1 aromatic carbocycles. The maximum absolute atomic E-state index is 13.6. The van der Waals surface area contributed by atoms with Gasteiger partial charge in [-0.1, -0.05) is 35.9 Å². The van der Waals surface area contributed by atoms with E-state index in [4.69, 9.17) is 21.1 Å². The van der Waals surface area contributed by atoms with Crippen LogP contribution in [0, 0.1) is 0 Å². The van der Waals surface area contributed by atoms with E-state index in [1.54, 1.807) is 29.8 Å². The molecule has 1 atom stereocenters. The number of nitrogens with one attached hydrogen (secondary N) is 1. The van der Waals surface area contributed by atoms with Gasteiger partial charge in [-0.05, 0) is 12.5 Å². The molecule has 0 aliphatic carbocycles. The second-order valence-electron chi connectivity index (χ2n) is 8.59.